The minimum absolute atomic E-state index is 0.0516. The molecule has 0 unspecified atom stereocenters. The van der Waals surface area contributed by atoms with Crippen molar-refractivity contribution in [1.82, 2.24) is 19.9 Å². The largest absolute Gasteiger partial charge is 0.453 e. The normalized spacial score (nSPS) is 10.9. The summed E-state index contributed by atoms with van der Waals surface area (Å²) in [5, 5.41) is 4.48. The Morgan fingerprint density at radius 2 is 1.87 bits per heavy atom. The number of ether oxygens (including phenoxy) is 1. The van der Waals surface area contributed by atoms with Gasteiger partial charge in [0.1, 0.15) is 11.6 Å². The molecule has 192 valence electrons. The van der Waals surface area contributed by atoms with Crippen molar-refractivity contribution in [2.75, 3.05) is 5.32 Å². The summed E-state index contributed by atoms with van der Waals surface area (Å²) < 4.78 is 37.1. The van der Waals surface area contributed by atoms with Gasteiger partial charge in [-0.3, -0.25) is 15.1 Å². The van der Waals surface area contributed by atoms with Crippen LogP contribution in [0.5, 0.6) is 11.5 Å². The molecule has 0 spiro atoms. The fourth-order valence-corrected chi connectivity index (χ4v) is 4.74. The number of pyridine rings is 1. The summed E-state index contributed by atoms with van der Waals surface area (Å²) in [6.45, 7) is 2.83. The third-order valence-electron chi connectivity index (χ3n) is 5.60. The summed E-state index contributed by atoms with van der Waals surface area (Å²) >= 11 is 1.44. The number of rotatable bonds is 7. The van der Waals surface area contributed by atoms with E-state index in [2.05, 4.69) is 20.6 Å². The summed E-state index contributed by atoms with van der Waals surface area (Å²) in [6, 6.07) is 12.3. The number of benzene rings is 2. The van der Waals surface area contributed by atoms with Crippen molar-refractivity contribution in [3.8, 4) is 22.1 Å². The Kier molecular flexibility index (Phi) is 7.09. The van der Waals surface area contributed by atoms with E-state index in [1.807, 2.05) is 23.8 Å². The quantitative estimate of drug-likeness (QED) is 0.262. The van der Waals surface area contributed by atoms with Crippen molar-refractivity contribution in [3.63, 3.8) is 0 Å². The molecule has 5 aromatic rings. The van der Waals surface area contributed by atoms with E-state index in [1.165, 1.54) is 41.7 Å². The first-order valence-electron chi connectivity index (χ1n) is 11.6. The van der Waals surface area contributed by atoms with Crippen molar-refractivity contribution in [1.29, 1.82) is 0 Å². The zero-order valence-corrected chi connectivity index (χ0v) is 20.9. The van der Waals surface area contributed by atoms with Crippen LogP contribution in [0.2, 0.25) is 0 Å². The zero-order valence-electron chi connectivity index (χ0n) is 20.1. The first-order valence-corrected chi connectivity index (χ1v) is 12.4. The highest BCUT2D eigenvalue weighted by Gasteiger charge is 2.16. The van der Waals surface area contributed by atoms with Gasteiger partial charge in [0.15, 0.2) is 11.6 Å². The Morgan fingerprint density at radius 1 is 1.03 bits per heavy atom. The maximum absolute atomic E-state index is 14.9. The Morgan fingerprint density at radius 3 is 2.63 bits per heavy atom. The molecule has 0 radical (unpaired) electrons. The second-order valence-corrected chi connectivity index (χ2v) is 9.29. The lowest BCUT2D eigenvalue weighted by Crippen LogP contribution is -2.35. The van der Waals surface area contributed by atoms with Gasteiger partial charge < -0.3 is 14.6 Å². The van der Waals surface area contributed by atoms with Crippen LogP contribution in [0.15, 0.2) is 73.3 Å². The van der Waals surface area contributed by atoms with Gasteiger partial charge in [-0.15, -0.1) is 11.3 Å². The number of carbonyl (C=O) groups is 2. The molecule has 0 atom stereocenters. The number of amides is 3. The second-order valence-electron chi connectivity index (χ2n) is 8.24. The Hall–Kier alpha value is -4.64. The maximum Gasteiger partial charge on any atom is 0.325 e. The van der Waals surface area contributed by atoms with Gasteiger partial charge in [0.05, 0.1) is 33.5 Å². The molecule has 38 heavy (non-hydrogen) atoms. The Balaban J connectivity index is 1.26. The number of nitrogens with one attached hydrogen (secondary N) is 2. The van der Waals surface area contributed by atoms with Gasteiger partial charge in [-0.05, 0) is 36.8 Å². The van der Waals surface area contributed by atoms with Crippen LogP contribution in [0.4, 0.5) is 19.3 Å². The number of fused-ring (bicyclic) bond motifs is 1. The fraction of sp³-hybridized carbons (Fsp3) is 0.111. The number of nitrogens with zero attached hydrogens (tertiary/aromatic N) is 3. The van der Waals surface area contributed by atoms with Crippen LogP contribution in [0, 0.1) is 11.6 Å². The molecule has 2 aromatic carbocycles. The van der Waals surface area contributed by atoms with E-state index in [4.69, 9.17) is 4.74 Å². The number of urea groups is 1. The minimum atomic E-state index is -0.869. The summed E-state index contributed by atoms with van der Waals surface area (Å²) in [5.41, 5.74) is 1.77. The molecule has 8 nitrogen and oxygen atoms in total. The third-order valence-corrected chi connectivity index (χ3v) is 6.76. The first kappa shape index (κ1) is 25.0. The molecule has 0 aliphatic carbocycles. The third kappa shape index (κ3) is 5.52. The molecule has 2 N–H and O–H groups in total. The van der Waals surface area contributed by atoms with Crippen LogP contribution < -0.4 is 15.4 Å². The van der Waals surface area contributed by atoms with E-state index in [0.29, 0.717) is 11.3 Å². The number of imide groups is 1. The smallest absolute Gasteiger partial charge is 0.325 e. The monoisotopic (exact) mass is 533 g/mol. The number of halogens is 2. The Bertz CT molecular complexity index is 1650. The maximum atomic E-state index is 14.9. The molecule has 0 saturated carbocycles. The molecule has 0 saturated heterocycles. The molecular weight excluding hydrogens is 512 g/mol. The number of carbonyl (C=O) groups excluding carboxylic acids is 2. The molecule has 0 aliphatic rings. The number of aryl methyl sites for hydroxylation is 1. The summed E-state index contributed by atoms with van der Waals surface area (Å²) in [4.78, 5) is 33.9. The van der Waals surface area contributed by atoms with Crippen molar-refractivity contribution in [2.24, 2.45) is 0 Å². The summed E-state index contributed by atoms with van der Waals surface area (Å²) in [7, 11) is 0. The van der Waals surface area contributed by atoms with Gasteiger partial charge in [0, 0.05) is 36.8 Å². The molecule has 0 bridgehead atoms. The first-order chi connectivity index (χ1) is 18.4. The van der Waals surface area contributed by atoms with Gasteiger partial charge in [0.2, 0.25) is 5.91 Å². The van der Waals surface area contributed by atoms with E-state index in [1.54, 1.807) is 24.7 Å². The van der Waals surface area contributed by atoms with Crippen molar-refractivity contribution < 1.29 is 23.1 Å². The van der Waals surface area contributed by atoms with E-state index in [-0.39, 0.29) is 23.4 Å². The van der Waals surface area contributed by atoms with Gasteiger partial charge in [-0.2, -0.15) is 0 Å². The van der Waals surface area contributed by atoms with Gasteiger partial charge in [0.25, 0.3) is 0 Å². The molecular formula is C27H21F2N5O3S. The highest BCUT2D eigenvalue weighted by atomic mass is 32.1. The second kappa shape index (κ2) is 10.8. The zero-order chi connectivity index (χ0) is 26.6. The lowest BCUT2D eigenvalue weighted by atomic mass is 10.1. The highest BCUT2D eigenvalue weighted by molar-refractivity contribution is 7.22. The number of hydrogen-bond donors (Lipinski definition) is 2. The van der Waals surface area contributed by atoms with Crippen molar-refractivity contribution >= 4 is 39.2 Å². The molecule has 3 aromatic heterocycles. The van der Waals surface area contributed by atoms with Crippen molar-refractivity contribution in [3.05, 3.63) is 90.5 Å². The lowest BCUT2D eigenvalue weighted by Gasteiger charge is -2.10. The number of thiophene rings is 1. The molecule has 11 heteroatoms. The number of aromatic nitrogens is 3. The topological polar surface area (TPSA) is 98.1 Å². The summed E-state index contributed by atoms with van der Waals surface area (Å²) in [5.74, 6) is -1.59. The Labute approximate surface area is 219 Å². The number of hydrogen-bond acceptors (Lipinski definition) is 6. The van der Waals surface area contributed by atoms with E-state index < -0.39 is 23.6 Å². The van der Waals surface area contributed by atoms with E-state index in [0.717, 1.165) is 27.9 Å². The van der Waals surface area contributed by atoms with Crippen LogP contribution in [0.3, 0.4) is 0 Å². The van der Waals surface area contributed by atoms with E-state index in [9.17, 15) is 18.4 Å². The summed E-state index contributed by atoms with van der Waals surface area (Å²) in [6.07, 6.45) is 4.97. The van der Waals surface area contributed by atoms with Gasteiger partial charge >= 0.3 is 6.03 Å². The van der Waals surface area contributed by atoms with Crippen LogP contribution >= 0.6 is 11.3 Å². The predicted molar refractivity (Wildman–Crippen MR) is 140 cm³/mol. The average Bonchev–Trinajstić information content (AvgIpc) is 3.54. The standard InChI is InChI=1S/C27H21F2N5O3S/c1-2-34-14-21(31-15-34)24-13-20-26(38-24)23(9-10-30-20)37-22-8-7-17(12-19(22)29)32-27(36)33-25(35)11-16-5-3-4-6-18(16)28/h3-10,12-15H,2,11H2,1H3,(H2,32,33,35,36). The van der Waals surface area contributed by atoms with Gasteiger partial charge in [-0.25, -0.2) is 18.6 Å². The fourth-order valence-electron chi connectivity index (χ4n) is 3.71. The molecule has 0 aliphatic heterocycles. The predicted octanol–water partition coefficient (Wildman–Crippen LogP) is 6.14. The van der Waals surface area contributed by atoms with Crippen molar-refractivity contribution in [2.45, 2.75) is 19.9 Å². The highest BCUT2D eigenvalue weighted by Crippen LogP contribution is 2.39. The molecule has 3 amide bonds. The van der Waals surface area contributed by atoms with Crippen LogP contribution in [-0.4, -0.2) is 26.5 Å². The molecule has 5 rings (SSSR count). The average molecular weight is 534 g/mol. The van der Waals surface area contributed by atoms with Crippen LogP contribution in [-0.2, 0) is 17.8 Å². The number of imidazole rings is 1. The molecule has 0 fully saturated rings. The lowest BCUT2D eigenvalue weighted by molar-refractivity contribution is -0.119. The van der Waals surface area contributed by atoms with E-state index >= 15 is 0 Å². The number of anilines is 1. The van der Waals surface area contributed by atoms with Gasteiger partial charge in [-0.1, -0.05) is 18.2 Å². The molecule has 3 heterocycles. The van der Waals surface area contributed by atoms with Crippen LogP contribution in [0.25, 0.3) is 20.8 Å². The SMILES string of the molecule is CCn1cnc(-c2cc3nccc(Oc4ccc(NC(=O)NC(=O)Cc5ccccc5F)cc4F)c3s2)c1. The minimum Gasteiger partial charge on any atom is -0.453 e. The van der Waals surface area contributed by atoms with Crippen LogP contribution in [0.1, 0.15) is 12.5 Å².